The fourth-order valence-corrected chi connectivity index (χ4v) is 2.30. The number of fused-ring (bicyclic) bond motifs is 1. The Balaban J connectivity index is 1.80. The third kappa shape index (κ3) is 1.94. The third-order valence-electron chi connectivity index (χ3n) is 3.29. The normalized spacial score (nSPS) is 20.4. The lowest BCUT2D eigenvalue weighted by atomic mass is 9.90. The molecule has 1 aliphatic rings. The van der Waals surface area contributed by atoms with Gasteiger partial charge in [-0.1, -0.05) is 18.2 Å². The lowest BCUT2D eigenvalue weighted by Crippen LogP contribution is -2.31. The smallest absolute Gasteiger partial charge is 0.122 e. The van der Waals surface area contributed by atoms with Crippen molar-refractivity contribution in [2.24, 2.45) is 11.7 Å². The van der Waals surface area contributed by atoms with Crippen LogP contribution in [0.1, 0.15) is 17.4 Å². The highest BCUT2D eigenvalue weighted by molar-refractivity contribution is 5.35. The van der Waals surface area contributed by atoms with E-state index in [0.717, 1.165) is 17.9 Å². The Morgan fingerprint density at radius 1 is 1.18 bits per heavy atom. The van der Waals surface area contributed by atoms with Crippen molar-refractivity contribution in [2.75, 3.05) is 6.61 Å². The van der Waals surface area contributed by atoms with E-state index in [2.05, 4.69) is 6.07 Å². The maximum Gasteiger partial charge on any atom is 0.122 e. The summed E-state index contributed by atoms with van der Waals surface area (Å²) in [6, 6.07) is 11.8. The van der Waals surface area contributed by atoms with Crippen LogP contribution in [0.4, 0.5) is 0 Å². The average Bonchev–Trinajstić information content (AvgIpc) is 2.91. The molecule has 88 valence electrons. The minimum Gasteiger partial charge on any atom is -0.493 e. The minimum absolute atomic E-state index is 0.0987. The van der Waals surface area contributed by atoms with Crippen LogP contribution >= 0.6 is 0 Å². The van der Waals surface area contributed by atoms with Gasteiger partial charge in [-0.3, -0.25) is 0 Å². The van der Waals surface area contributed by atoms with Crippen LogP contribution in [0.3, 0.4) is 0 Å². The molecule has 0 spiro atoms. The first-order valence-corrected chi connectivity index (χ1v) is 5.84. The maximum atomic E-state index is 6.20. The van der Waals surface area contributed by atoms with Crippen LogP contribution in [0.15, 0.2) is 47.1 Å². The van der Waals surface area contributed by atoms with E-state index in [-0.39, 0.29) is 12.0 Å². The summed E-state index contributed by atoms with van der Waals surface area (Å²) in [6.07, 6.45) is 2.60. The molecule has 1 aromatic carbocycles. The maximum absolute atomic E-state index is 6.20. The second-order valence-electron chi connectivity index (χ2n) is 4.42. The second kappa shape index (κ2) is 4.26. The number of hydrogen-bond acceptors (Lipinski definition) is 3. The van der Waals surface area contributed by atoms with E-state index in [1.165, 1.54) is 5.56 Å². The lowest BCUT2D eigenvalue weighted by molar-refractivity contribution is 0.190. The Labute approximate surface area is 100 Å². The average molecular weight is 229 g/mol. The fourth-order valence-electron chi connectivity index (χ4n) is 2.30. The molecule has 0 fully saturated rings. The zero-order valence-electron chi connectivity index (χ0n) is 9.50. The third-order valence-corrected chi connectivity index (χ3v) is 3.29. The number of benzene rings is 1. The zero-order valence-corrected chi connectivity index (χ0v) is 9.50. The standard InChI is InChI=1S/C14H15NO2/c15-14(13-6-3-7-16-13)11-8-10-4-1-2-5-12(10)17-9-11/h1-7,11,14H,8-9,15H2. The predicted molar refractivity (Wildman–Crippen MR) is 64.8 cm³/mol. The first-order valence-electron chi connectivity index (χ1n) is 5.84. The van der Waals surface area contributed by atoms with Gasteiger partial charge in [0.1, 0.15) is 11.5 Å². The van der Waals surface area contributed by atoms with Crippen molar-refractivity contribution in [3.05, 3.63) is 54.0 Å². The molecule has 2 aromatic rings. The van der Waals surface area contributed by atoms with Crippen molar-refractivity contribution in [1.82, 2.24) is 0 Å². The molecule has 2 heterocycles. The van der Waals surface area contributed by atoms with Crippen molar-refractivity contribution < 1.29 is 9.15 Å². The lowest BCUT2D eigenvalue weighted by Gasteiger charge is -2.28. The molecule has 3 rings (SSSR count). The first kappa shape index (κ1) is 10.4. The molecule has 1 aliphatic heterocycles. The molecule has 0 saturated heterocycles. The molecule has 3 nitrogen and oxygen atoms in total. The summed E-state index contributed by atoms with van der Waals surface area (Å²) in [4.78, 5) is 0. The number of para-hydroxylation sites is 1. The van der Waals surface area contributed by atoms with E-state index in [4.69, 9.17) is 14.9 Å². The van der Waals surface area contributed by atoms with Gasteiger partial charge >= 0.3 is 0 Å². The van der Waals surface area contributed by atoms with Gasteiger partial charge < -0.3 is 14.9 Å². The molecule has 2 N–H and O–H groups in total. The highest BCUT2D eigenvalue weighted by Crippen LogP contribution is 2.32. The molecule has 2 unspecified atom stereocenters. The molecule has 2 atom stereocenters. The summed E-state index contributed by atoms with van der Waals surface area (Å²) < 4.78 is 11.1. The van der Waals surface area contributed by atoms with Crippen molar-refractivity contribution in [3.8, 4) is 5.75 Å². The Kier molecular flexibility index (Phi) is 2.61. The van der Waals surface area contributed by atoms with Crippen LogP contribution in [0.25, 0.3) is 0 Å². The summed E-state index contributed by atoms with van der Waals surface area (Å²) in [5.74, 6) is 2.09. The van der Waals surface area contributed by atoms with Gasteiger partial charge in [-0.2, -0.15) is 0 Å². The molecule has 0 saturated carbocycles. The zero-order chi connectivity index (χ0) is 11.7. The van der Waals surface area contributed by atoms with Gasteiger partial charge in [-0.05, 0) is 30.2 Å². The Bertz CT molecular complexity index is 493. The molecule has 0 amide bonds. The quantitative estimate of drug-likeness (QED) is 0.860. The van der Waals surface area contributed by atoms with Crippen molar-refractivity contribution in [1.29, 1.82) is 0 Å². The summed E-state index contributed by atoms with van der Waals surface area (Å²) in [5, 5.41) is 0. The van der Waals surface area contributed by atoms with Gasteiger partial charge in [0, 0.05) is 5.92 Å². The van der Waals surface area contributed by atoms with Gasteiger partial charge in [0.15, 0.2) is 0 Å². The van der Waals surface area contributed by atoms with Crippen LogP contribution in [-0.2, 0) is 6.42 Å². The SMILES string of the molecule is NC(c1ccco1)C1COc2ccccc2C1. The molecule has 3 heteroatoms. The molecule has 1 aromatic heterocycles. The Morgan fingerprint density at radius 2 is 2.06 bits per heavy atom. The van der Waals surface area contributed by atoms with Crippen LogP contribution < -0.4 is 10.5 Å². The van der Waals surface area contributed by atoms with Gasteiger partial charge in [0.05, 0.1) is 18.9 Å². The summed E-state index contributed by atoms with van der Waals surface area (Å²) in [7, 11) is 0. The molecule has 0 bridgehead atoms. The fraction of sp³-hybridized carbons (Fsp3) is 0.286. The van der Waals surface area contributed by atoms with Crippen LogP contribution in [-0.4, -0.2) is 6.61 Å². The number of ether oxygens (including phenoxy) is 1. The van der Waals surface area contributed by atoms with E-state index in [1.54, 1.807) is 6.26 Å². The van der Waals surface area contributed by atoms with Crippen LogP contribution in [0, 0.1) is 5.92 Å². The number of rotatable bonds is 2. The van der Waals surface area contributed by atoms with Crippen LogP contribution in [0.2, 0.25) is 0 Å². The van der Waals surface area contributed by atoms with Crippen molar-refractivity contribution in [3.63, 3.8) is 0 Å². The van der Waals surface area contributed by atoms with E-state index in [0.29, 0.717) is 6.61 Å². The van der Waals surface area contributed by atoms with E-state index in [9.17, 15) is 0 Å². The summed E-state index contributed by atoms with van der Waals surface area (Å²) in [6.45, 7) is 0.652. The topological polar surface area (TPSA) is 48.4 Å². The van der Waals surface area contributed by atoms with Gasteiger partial charge in [-0.25, -0.2) is 0 Å². The molecule has 17 heavy (non-hydrogen) atoms. The van der Waals surface area contributed by atoms with E-state index in [1.807, 2.05) is 30.3 Å². The Hall–Kier alpha value is -1.74. The van der Waals surface area contributed by atoms with Crippen molar-refractivity contribution >= 4 is 0 Å². The predicted octanol–water partition coefficient (Wildman–Crippen LogP) is 2.53. The summed E-state index contributed by atoms with van der Waals surface area (Å²) >= 11 is 0. The molecular weight excluding hydrogens is 214 g/mol. The van der Waals surface area contributed by atoms with Gasteiger partial charge in [-0.15, -0.1) is 0 Å². The highest BCUT2D eigenvalue weighted by atomic mass is 16.5. The molecular formula is C14H15NO2. The number of hydrogen-bond donors (Lipinski definition) is 1. The number of nitrogens with two attached hydrogens (primary N) is 1. The number of furan rings is 1. The van der Waals surface area contributed by atoms with Crippen molar-refractivity contribution in [2.45, 2.75) is 12.5 Å². The van der Waals surface area contributed by atoms with Gasteiger partial charge in [0.2, 0.25) is 0 Å². The monoisotopic (exact) mass is 229 g/mol. The molecule has 0 radical (unpaired) electrons. The molecule has 0 aliphatic carbocycles. The van der Waals surface area contributed by atoms with E-state index >= 15 is 0 Å². The van der Waals surface area contributed by atoms with Crippen LogP contribution in [0.5, 0.6) is 5.75 Å². The summed E-state index contributed by atoms with van der Waals surface area (Å²) in [5.41, 5.74) is 7.43. The minimum atomic E-state index is -0.0987. The highest BCUT2D eigenvalue weighted by Gasteiger charge is 2.27. The Morgan fingerprint density at radius 3 is 2.88 bits per heavy atom. The second-order valence-corrected chi connectivity index (χ2v) is 4.42. The van der Waals surface area contributed by atoms with Gasteiger partial charge in [0.25, 0.3) is 0 Å². The largest absolute Gasteiger partial charge is 0.493 e. The first-order chi connectivity index (χ1) is 8.34. The van der Waals surface area contributed by atoms with E-state index < -0.39 is 0 Å².